The predicted octanol–water partition coefficient (Wildman–Crippen LogP) is 2.81. The Bertz CT molecular complexity index is 684. The maximum Gasteiger partial charge on any atom is 0.178 e. The molecule has 132 valence electrons. The summed E-state index contributed by atoms with van der Waals surface area (Å²) in [6, 6.07) is 3.98. The number of hydrogen-bond donors (Lipinski definition) is 1. The van der Waals surface area contributed by atoms with Crippen LogP contribution in [0.5, 0.6) is 0 Å². The first-order chi connectivity index (χ1) is 11.3. The van der Waals surface area contributed by atoms with Gasteiger partial charge in [-0.05, 0) is 36.9 Å². The Morgan fingerprint density at radius 1 is 1.25 bits per heavy atom. The first-order valence-electron chi connectivity index (χ1n) is 9.02. The monoisotopic (exact) mass is 330 g/mol. The molecule has 2 aromatic heterocycles. The predicted molar refractivity (Wildman–Crippen MR) is 97.4 cm³/mol. The number of hydrogen-bond acceptors (Lipinski definition) is 5. The maximum atomic E-state index is 4.70. The lowest BCUT2D eigenvalue weighted by Gasteiger charge is -2.18. The van der Waals surface area contributed by atoms with Crippen molar-refractivity contribution in [2.24, 2.45) is 11.8 Å². The molecule has 1 aliphatic rings. The highest BCUT2D eigenvalue weighted by Gasteiger charge is 2.24. The van der Waals surface area contributed by atoms with Crippen LogP contribution in [0.15, 0.2) is 12.1 Å². The Balaban J connectivity index is 1.64. The van der Waals surface area contributed by atoms with Crippen LogP contribution >= 0.6 is 0 Å². The highest BCUT2D eigenvalue weighted by molar-refractivity contribution is 5.44. The normalized spacial score (nSPS) is 19.5. The summed E-state index contributed by atoms with van der Waals surface area (Å²) in [4.78, 5) is 2.57. The Morgan fingerprint density at radius 2 is 2.04 bits per heavy atom. The van der Waals surface area contributed by atoms with Gasteiger partial charge in [0, 0.05) is 25.0 Å². The zero-order valence-corrected chi connectivity index (χ0v) is 15.6. The molecule has 0 saturated carbocycles. The molecule has 3 heterocycles. The van der Waals surface area contributed by atoms with Gasteiger partial charge in [-0.25, -0.2) is 0 Å². The third-order valence-electron chi connectivity index (χ3n) is 4.50. The van der Waals surface area contributed by atoms with Crippen molar-refractivity contribution in [2.45, 2.75) is 46.5 Å². The molecule has 0 bridgehead atoms. The van der Waals surface area contributed by atoms with Crippen LogP contribution in [0.1, 0.15) is 46.9 Å². The fourth-order valence-electron chi connectivity index (χ4n) is 3.36. The van der Waals surface area contributed by atoms with Crippen molar-refractivity contribution in [2.75, 3.05) is 31.5 Å². The molecule has 0 radical (unpaired) electrons. The van der Waals surface area contributed by atoms with E-state index in [1.165, 1.54) is 26.1 Å². The molecule has 6 nitrogen and oxygen atoms in total. The summed E-state index contributed by atoms with van der Waals surface area (Å²) in [6.45, 7) is 15.6. The van der Waals surface area contributed by atoms with E-state index in [9.17, 15) is 0 Å². The smallest absolute Gasteiger partial charge is 0.178 e. The maximum absolute atomic E-state index is 4.70. The molecular formula is C18H30N6. The zero-order valence-electron chi connectivity index (χ0n) is 15.6. The highest BCUT2D eigenvalue weighted by atomic mass is 15.4. The SMILES string of the molecule is CC(C)CN1CCC(CNc2ccc3nnc(C(C)(C)C)n3n2)C1. The lowest BCUT2D eigenvalue weighted by atomic mass is 9.96. The van der Waals surface area contributed by atoms with Gasteiger partial charge in [0.2, 0.25) is 0 Å². The van der Waals surface area contributed by atoms with E-state index in [1.807, 2.05) is 16.6 Å². The molecule has 1 unspecified atom stereocenters. The molecule has 24 heavy (non-hydrogen) atoms. The lowest BCUT2D eigenvalue weighted by Crippen LogP contribution is -2.26. The molecule has 0 amide bonds. The number of nitrogens with one attached hydrogen (secondary N) is 1. The second-order valence-electron chi connectivity index (χ2n) is 8.45. The second kappa shape index (κ2) is 6.67. The number of nitrogens with zero attached hydrogens (tertiary/aromatic N) is 5. The molecule has 1 atom stereocenters. The number of aromatic nitrogens is 4. The Hall–Kier alpha value is -1.69. The van der Waals surface area contributed by atoms with Crippen molar-refractivity contribution in [3.63, 3.8) is 0 Å². The van der Waals surface area contributed by atoms with E-state index in [4.69, 9.17) is 5.10 Å². The van der Waals surface area contributed by atoms with Crippen molar-refractivity contribution in [3.8, 4) is 0 Å². The molecule has 0 aromatic carbocycles. The van der Waals surface area contributed by atoms with Gasteiger partial charge < -0.3 is 10.2 Å². The summed E-state index contributed by atoms with van der Waals surface area (Å²) in [7, 11) is 0. The van der Waals surface area contributed by atoms with Gasteiger partial charge in [-0.15, -0.1) is 15.3 Å². The van der Waals surface area contributed by atoms with Crippen molar-refractivity contribution >= 4 is 11.5 Å². The van der Waals surface area contributed by atoms with Crippen LogP contribution in [0.3, 0.4) is 0 Å². The fraction of sp³-hybridized carbons (Fsp3) is 0.722. The summed E-state index contributed by atoms with van der Waals surface area (Å²) in [5.41, 5.74) is 0.725. The third kappa shape index (κ3) is 3.86. The topological polar surface area (TPSA) is 58.3 Å². The molecule has 1 aliphatic heterocycles. The summed E-state index contributed by atoms with van der Waals surface area (Å²) in [5.74, 6) is 3.23. The summed E-state index contributed by atoms with van der Waals surface area (Å²) in [6.07, 6.45) is 1.27. The Morgan fingerprint density at radius 3 is 2.75 bits per heavy atom. The number of likely N-dealkylation sites (tertiary alicyclic amines) is 1. The molecular weight excluding hydrogens is 300 g/mol. The van der Waals surface area contributed by atoms with Gasteiger partial charge in [0.05, 0.1) is 0 Å². The molecule has 0 aliphatic carbocycles. The average molecular weight is 330 g/mol. The molecule has 0 spiro atoms. The molecule has 1 N–H and O–H groups in total. The molecule has 1 saturated heterocycles. The van der Waals surface area contributed by atoms with Gasteiger partial charge >= 0.3 is 0 Å². The van der Waals surface area contributed by atoms with Gasteiger partial charge in [0.15, 0.2) is 11.5 Å². The average Bonchev–Trinajstić information content (AvgIpc) is 3.09. The van der Waals surface area contributed by atoms with Crippen molar-refractivity contribution in [1.82, 2.24) is 24.7 Å². The summed E-state index contributed by atoms with van der Waals surface area (Å²) >= 11 is 0. The zero-order chi connectivity index (χ0) is 17.3. The van der Waals surface area contributed by atoms with Crippen molar-refractivity contribution in [1.29, 1.82) is 0 Å². The van der Waals surface area contributed by atoms with Gasteiger partial charge in [0.1, 0.15) is 5.82 Å². The van der Waals surface area contributed by atoms with Crippen molar-refractivity contribution < 1.29 is 0 Å². The van der Waals surface area contributed by atoms with Gasteiger partial charge in [-0.3, -0.25) is 0 Å². The quantitative estimate of drug-likeness (QED) is 0.913. The minimum Gasteiger partial charge on any atom is -0.368 e. The number of anilines is 1. The second-order valence-corrected chi connectivity index (χ2v) is 8.45. The first-order valence-corrected chi connectivity index (χ1v) is 9.02. The molecule has 1 fully saturated rings. The van der Waals surface area contributed by atoms with E-state index < -0.39 is 0 Å². The van der Waals surface area contributed by atoms with Crippen LogP contribution in [-0.2, 0) is 5.41 Å². The first kappa shape index (κ1) is 17.1. The van der Waals surface area contributed by atoms with Crippen LogP contribution in [0.2, 0.25) is 0 Å². The third-order valence-corrected chi connectivity index (χ3v) is 4.50. The molecule has 2 aromatic rings. The van der Waals surface area contributed by atoms with E-state index in [2.05, 4.69) is 55.0 Å². The largest absolute Gasteiger partial charge is 0.368 e. The van der Waals surface area contributed by atoms with Crippen molar-refractivity contribution in [3.05, 3.63) is 18.0 Å². The molecule has 3 rings (SSSR count). The van der Waals surface area contributed by atoms with E-state index in [0.29, 0.717) is 5.92 Å². The number of fused-ring (bicyclic) bond motifs is 1. The van der Waals surface area contributed by atoms with Crippen LogP contribution in [0, 0.1) is 11.8 Å². The minimum atomic E-state index is -0.0756. The summed E-state index contributed by atoms with van der Waals surface area (Å²) < 4.78 is 1.86. The van der Waals surface area contributed by atoms with Crippen LogP contribution in [0.4, 0.5) is 5.82 Å². The standard InChI is InChI=1S/C18H30N6/c1-13(2)11-23-9-8-14(12-23)10-19-15-6-7-16-20-21-17(18(3,4)5)24(16)22-15/h6-7,13-14H,8-12H2,1-5H3,(H,19,22). The van der Waals surface area contributed by atoms with E-state index in [0.717, 1.165) is 29.8 Å². The Kier molecular flexibility index (Phi) is 4.76. The molecule has 6 heteroatoms. The van der Waals surface area contributed by atoms with Crippen LogP contribution in [0.25, 0.3) is 5.65 Å². The Labute approximate surface area is 144 Å². The van der Waals surface area contributed by atoms with E-state index in [-0.39, 0.29) is 5.41 Å². The number of rotatable bonds is 5. The fourth-order valence-corrected chi connectivity index (χ4v) is 3.36. The van der Waals surface area contributed by atoms with Gasteiger partial charge in [-0.2, -0.15) is 4.52 Å². The minimum absolute atomic E-state index is 0.0756. The van der Waals surface area contributed by atoms with Crippen LogP contribution in [-0.4, -0.2) is 50.9 Å². The lowest BCUT2D eigenvalue weighted by molar-refractivity contribution is 0.289. The van der Waals surface area contributed by atoms with Gasteiger partial charge in [-0.1, -0.05) is 34.6 Å². The highest BCUT2D eigenvalue weighted by Crippen LogP contribution is 2.21. The van der Waals surface area contributed by atoms with Gasteiger partial charge in [0.25, 0.3) is 0 Å². The van der Waals surface area contributed by atoms with E-state index >= 15 is 0 Å². The van der Waals surface area contributed by atoms with E-state index in [1.54, 1.807) is 0 Å². The van der Waals surface area contributed by atoms with Crippen LogP contribution < -0.4 is 5.32 Å². The summed E-state index contributed by atoms with van der Waals surface area (Å²) in [5, 5.41) is 16.7.